The number of ether oxygens (including phenoxy) is 3. The van der Waals surface area contributed by atoms with Gasteiger partial charge in [-0.2, -0.15) is 0 Å². The number of aliphatic hydroxyl groups is 1. The van der Waals surface area contributed by atoms with Gasteiger partial charge >= 0.3 is 0 Å². The molecule has 2 aliphatic rings. The van der Waals surface area contributed by atoms with E-state index < -0.39 is 6.10 Å². The molecule has 0 spiro atoms. The third-order valence-corrected chi connectivity index (χ3v) is 7.03. The van der Waals surface area contributed by atoms with Crippen molar-refractivity contribution < 1.29 is 19.3 Å². The number of hydrogen-bond donors (Lipinski definition) is 1. The summed E-state index contributed by atoms with van der Waals surface area (Å²) < 4.78 is 17.1. The summed E-state index contributed by atoms with van der Waals surface area (Å²) in [7, 11) is 3.36. The smallest absolute Gasteiger partial charge is 0.145 e. The Labute approximate surface area is 202 Å². The summed E-state index contributed by atoms with van der Waals surface area (Å²) >= 11 is 0. The van der Waals surface area contributed by atoms with E-state index >= 15 is 0 Å². The van der Waals surface area contributed by atoms with Crippen LogP contribution in [0.5, 0.6) is 11.5 Å². The molecule has 6 nitrogen and oxygen atoms in total. The van der Waals surface area contributed by atoms with Crippen LogP contribution in [0.4, 0.5) is 5.69 Å². The maximum Gasteiger partial charge on any atom is 0.145 e. The van der Waals surface area contributed by atoms with Gasteiger partial charge in [0.2, 0.25) is 0 Å². The van der Waals surface area contributed by atoms with E-state index in [2.05, 4.69) is 36.6 Å². The maximum atomic E-state index is 10.6. The van der Waals surface area contributed by atoms with Gasteiger partial charge in [0, 0.05) is 38.8 Å². The van der Waals surface area contributed by atoms with Gasteiger partial charge in [0.1, 0.15) is 11.5 Å². The molecule has 1 aromatic carbocycles. The summed E-state index contributed by atoms with van der Waals surface area (Å²) in [5, 5.41) is 10.6. The predicted molar refractivity (Wildman–Crippen MR) is 137 cm³/mol. The number of hydrogen-bond acceptors (Lipinski definition) is 6. The highest BCUT2D eigenvalue weighted by atomic mass is 16.5. The van der Waals surface area contributed by atoms with Gasteiger partial charge in [0.15, 0.2) is 0 Å². The standard InChI is InChI=1S/C25H42N2O4.C2H6/c1-18(2)22-8-6-19(3)14-24(22)31-17-20(28)16-26-10-12-27(13-11-26)23-9-7-21(29-4)15-25(23)30-5;1-2/h7,9,15,18-20,22,24,28H,6,8,10-14,16-17H2,1-5H3;1-2H3. The van der Waals surface area contributed by atoms with Crippen LogP contribution in [0.25, 0.3) is 0 Å². The predicted octanol–water partition coefficient (Wildman–Crippen LogP) is 4.69. The van der Waals surface area contributed by atoms with Crippen LogP contribution in [-0.2, 0) is 4.74 Å². The first-order valence-corrected chi connectivity index (χ1v) is 12.9. The Morgan fingerprint density at radius 1 is 1.03 bits per heavy atom. The van der Waals surface area contributed by atoms with Crippen LogP contribution in [0.15, 0.2) is 18.2 Å². The summed E-state index contributed by atoms with van der Waals surface area (Å²) in [5.41, 5.74) is 1.10. The second-order valence-electron chi connectivity index (χ2n) is 9.68. The Balaban J connectivity index is 0.00000187. The number of β-amino-alcohol motifs (C(OH)–C–C–N with tert-alkyl or cyclic N) is 1. The number of benzene rings is 1. The highest BCUT2D eigenvalue weighted by molar-refractivity contribution is 5.61. The minimum absolute atomic E-state index is 0.290. The lowest BCUT2D eigenvalue weighted by Crippen LogP contribution is -2.49. The van der Waals surface area contributed by atoms with E-state index in [4.69, 9.17) is 14.2 Å². The molecule has 6 heteroatoms. The van der Waals surface area contributed by atoms with E-state index in [1.807, 2.05) is 26.0 Å². The molecule has 2 fully saturated rings. The summed E-state index contributed by atoms with van der Waals surface area (Å²) in [4.78, 5) is 4.68. The molecule has 1 aromatic rings. The van der Waals surface area contributed by atoms with E-state index in [0.717, 1.165) is 55.7 Å². The van der Waals surface area contributed by atoms with Gasteiger partial charge in [0.05, 0.1) is 38.7 Å². The minimum atomic E-state index is -0.438. The average molecular weight is 465 g/mol. The van der Waals surface area contributed by atoms with Gasteiger partial charge in [-0.1, -0.05) is 41.0 Å². The van der Waals surface area contributed by atoms with Crippen molar-refractivity contribution in [3.8, 4) is 11.5 Å². The second-order valence-corrected chi connectivity index (χ2v) is 9.68. The number of anilines is 1. The molecule has 33 heavy (non-hydrogen) atoms. The fraction of sp³-hybridized carbons (Fsp3) is 0.778. The fourth-order valence-electron chi connectivity index (χ4n) is 5.11. The van der Waals surface area contributed by atoms with Crippen molar-refractivity contribution in [3.05, 3.63) is 18.2 Å². The summed E-state index contributed by atoms with van der Waals surface area (Å²) in [5.74, 6) is 3.61. The number of methoxy groups -OCH3 is 2. The van der Waals surface area contributed by atoms with Crippen LogP contribution < -0.4 is 14.4 Å². The molecule has 0 amide bonds. The average Bonchev–Trinajstić information content (AvgIpc) is 2.84. The van der Waals surface area contributed by atoms with Gasteiger partial charge in [0.25, 0.3) is 0 Å². The van der Waals surface area contributed by atoms with Crippen LogP contribution in [0.1, 0.15) is 53.9 Å². The van der Waals surface area contributed by atoms with Crippen LogP contribution in [0.3, 0.4) is 0 Å². The highest BCUT2D eigenvalue weighted by Crippen LogP contribution is 2.35. The van der Waals surface area contributed by atoms with Gasteiger partial charge in [-0.15, -0.1) is 0 Å². The molecular formula is C27H48N2O4. The maximum absolute atomic E-state index is 10.6. The van der Waals surface area contributed by atoms with Crippen molar-refractivity contribution >= 4 is 5.69 Å². The molecule has 4 atom stereocenters. The first kappa shape index (κ1) is 27.7. The third-order valence-electron chi connectivity index (χ3n) is 7.03. The Kier molecular flexibility index (Phi) is 11.8. The van der Waals surface area contributed by atoms with Crippen LogP contribution >= 0.6 is 0 Å². The number of rotatable bonds is 9. The van der Waals surface area contributed by atoms with Crippen LogP contribution in [0, 0.1) is 17.8 Å². The molecule has 0 aromatic heterocycles. The molecule has 4 unspecified atom stereocenters. The van der Waals surface area contributed by atoms with Gasteiger partial charge in [-0.25, -0.2) is 0 Å². The van der Waals surface area contributed by atoms with E-state index in [0.29, 0.717) is 25.0 Å². The minimum Gasteiger partial charge on any atom is -0.497 e. The zero-order chi connectivity index (χ0) is 24.4. The van der Waals surface area contributed by atoms with E-state index in [1.165, 1.54) is 12.8 Å². The second kappa shape index (κ2) is 14.0. The fourth-order valence-corrected chi connectivity index (χ4v) is 5.11. The Bertz CT molecular complexity index is 676. The van der Waals surface area contributed by atoms with Crippen molar-refractivity contribution in [2.24, 2.45) is 17.8 Å². The molecule has 1 aliphatic carbocycles. The largest absolute Gasteiger partial charge is 0.497 e. The lowest BCUT2D eigenvalue weighted by atomic mass is 9.75. The lowest BCUT2D eigenvalue weighted by Gasteiger charge is -2.39. The van der Waals surface area contributed by atoms with Gasteiger partial charge in [-0.3, -0.25) is 4.90 Å². The highest BCUT2D eigenvalue weighted by Gasteiger charge is 2.32. The summed E-state index contributed by atoms with van der Waals surface area (Å²) in [6.07, 6.45) is 3.52. The van der Waals surface area contributed by atoms with Crippen molar-refractivity contribution in [3.63, 3.8) is 0 Å². The molecule has 0 bridgehead atoms. The number of aliphatic hydroxyl groups excluding tert-OH is 1. The first-order valence-electron chi connectivity index (χ1n) is 12.9. The molecule has 3 rings (SSSR count). The van der Waals surface area contributed by atoms with Crippen molar-refractivity contribution in [2.45, 2.75) is 66.1 Å². The van der Waals surface area contributed by atoms with E-state index in [1.54, 1.807) is 14.2 Å². The number of nitrogens with zero attached hydrogens (tertiary/aromatic N) is 2. The molecule has 1 N–H and O–H groups in total. The molecule has 1 saturated heterocycles. The van der Waals surface area contributed by atoms with Crippen molar-refractivity contribution in [1.82, 2.24) is 4.90 Å². The van der Waals surface area contributed by atoms with Gasteiger partial charge < -0.3 is 24.2 Å². The zero-order valence-corrected chi connectivity index (χ0v) is 22.0. The van der Waals surface area contributed by atoms with Gasteiger partial charge in [-0.05, 0) is 42.7 Å². The van der Waals surface area contributed by atoms with E-state index in [-0.39, 0.29) is 6.10 Å². The summed E-state index contributed by atoms with van der Waals surface area (Å²) in [6, 6.07) is 5.97. The molecule has 190 valence electrons. The van der Waals surface area contributed by atoms with Crippen molar-refractivity contribution in [1.29, 1.82) is 0 Å². The van der Waals surface area contributed by atoms with Crippen LogP contribution in [-0.4, -0.2) is 75.8 Å². The quantitative estimate of drug-likeness (QED) is 0.572. The van der Waals surface area contributed by atoms with Crippen molar-refractivity contribution in [2.75, 3.05) is 58.5 Å². The molecule has 1 aliphatic heterocycles. The van der Waals surface area contributed by atoms with E-state index in [9.17, 15) is 5.11 Å². The molecule has 0 radical (unpaired) electrons. The Hall–Kier alpha value is -1.50. The molecular weight excluding hydrogens is 416 g/mol. The first-order chi connectivity index (χ1) is 15.9. The zero-order valence-electron chi connectivity index (χ0n) is 22.0. The molecule has 1 saturated carbocycles. The topological polar surface area (TPSA) is 54.4 Å². The number of piperazine rings is 1. The van der Waals surface area contributed by atoms with Crippen LogP contribution in [0.2, 0.25) is 0 Å². The molecule has 1 heterocycles. The third kappa shape index (κ3) is 8.04. The normalized spacial score (nSPS) is 24.8. The Morgan fingerprint density at radius 3 is 2.33 bits per heavy atom. The Morgan fingerprint density at radius 2 is 1.73 bits per heavy atom. The lowest BCUT2D eigenvalue weighted by molar-refractivity contribution is -0.0740. The monoisotopic (exact) mass is 464 g/mol. The summed E-state index contributed by atoms with van der Waals surface area (Å²) in [6.45, 7) is 15.7. The SMILES string of the molecule is CC.COc1ccc(N2CCN(CC(O)COC3CC(C)CCC3C(C)C)CC2)c(OC)c1.